The minimum absolute atomic E-state index is 0.357. The molecule has 0 atom stereocenters. The van der Waals surface area contributed by atoms with Crippen LogP contribution in [0.4, 0.5) is 8.78 Å². The van der Waals surface area contributed by atoms with E-state index in [1.807, 2.05) is 17.7 Å². The summed E-state index contributed by atoms with van der Waals surface area (Å²) in [6.07, 6.45) is 3.58. The quantitative estimate of drug-likeness (QED) is 0.670. The van der Waals surface area contributed by atoms with Crippen LogP contribution in [0.3, 0.4) is 0 Å². The maximum atomic E-state index is 13.3. The molecule has 4 nitrogen and oxygen atoms in total. The second-order valence-electron chi connectivity index (χ2n) is 4.45. The molecule has 0 radical (unpaired) electrons. The number of hydrogen-bond donors (Lipinski definition) is 0. The van der Waals surface area contributed by atoms with E-state index in [0.29, 0.717) is 22.6 Å². The Morgan fingerprint density at radius 1 is 1.29 bits per heavy atom. The number of imidazole rings is 2. The van der Waals surface area contributed by atoms with E-state index in [9.17, 15) is 8.78 Å². The predicted octanol–water partition coefficient (Wildman–Crippen LogP) is 3.94. The van der Waals surface area contributed by atoms with E-state index < -0.39 is 6.55 Å². The highest BCUT2D eigenvalue weighted by Crippen LogP contribution is 2.27. The Kier molecular flexibility index (Phi) is 3.92. The van der Waals surface area contributed by atoms with Gasteiger partial charge in [-0.3, -0.25) is 4.57 Å². The van der Waals surface area contributed by atoms with Crippen LogP contribution in [0.2, 0.25) is 0 Å². The topological polar surface area (TPSA) is 35.6 Å². The van der Waals surface area contributed by atoms with Crippen LogP contribution in [0.5, 0.6) is 0 Å². The fourth-order valence-electron chi connectivity index (χ4n) is 2.22. The summed E-state index contributed by atoms with van der Waals surface area (Å²) in [4.78, 5) is 8.55. The molecule has 0 amide bonds. The van der Waals surface area contributed by atoms with Gasteiger partial charge in [-0.1, -0.05) is 23.9 Å². The number of nitrogens with zero attached hydrogens (tertiary/aromatic N) is 4. The van der Waals surface area contributed by atoms with E-state index in [1.54, 1.807) is 30.5 Å². The molecular formula is C14H14F2N4S. The van der Waals surface area contributed by atoms with E-state index >= 15 is 0 Å². The van der Waals surface area contributed by atoms with Crippen LogP contribution in [0, 0.1) is 0 Å². The van der Waals surface area contributed by atoms with Crippen molar-refractivity contribution in [3.8, 4) is 0 Å². The summed E-state index contributed by atoms with van der Waals surface area (Å²) >= 11 is 1.41. The van der Waals surface area contributed by atoms with Crippen molar-refractivity contribution in [2.45, 2.75) is 30.9 Å². The molecule has 0 aliphatic rings. The van der Waals surface area contributed by atoms with E-state index in [-0.39, 0.29) is 0 Å². The van der Waals surface area contributed by atoms with Gasteiger partial charge >= 0.3 is 6.55 Å². The summed E-state index contributed by atoms with van der Waals surface area (Å²) in [6, 6.07) is 6.94. The van der Waals surface area contributed by atoms with Crippen LogP contribution in [-0.2, 0) is 12.3 Å². The summed E-state index contributed by atoms with van der Waals surface area (Å²) in [6.45, 7) is 0.215. The normalized spacial score (nSPS) is 11.6. The van der Waals surface area contributed by atoms with Gasteiger partial charge in [0.15, 0.2) is 5.16 Å². The van der Waals surface area contributed by atoms with E-state index in [1.165, 1.54) is 11.8 Å². The van der Waals surface area contributed by atoms with Crippen molar-refractivity contribution in [2.75, 3.05) is 0 Å². The predicted molar refractivity (Wildman–Crippen MR) is 78.4 cm³/mol. The summed E-state index contributed by atoms with van der Waals surface area (Å²) in [5.41, 5.74) is 1.05. The molecule has 0 fully saturated rings. The first-order chi connectivity index (χ1) is 10.2. The molecule has 0 unspecified atom stereocenters. The third kappa shape index (κ3) is 2.65. The maximum Gasteiger partial charge on any atom is 0.320 e. The summed E-state index contributed by atoms with van der Waals surface area (Å²) in [5, 5.41) is 0.811. The Balaban J connectivity index is 1.91. The van der Waals surface area contributed by atoms with Crippen molar-refractivity contribution >= 4 is 22.8 Å². The molecule has 110 valence electrons. The van der Waals surface area contributed by atoms with Gasteiger partial charge in [0.25, 0.3) is 0 Å². The van der Waals surface area contributed by atoms with Gasteiger partial charge in [0.2, 0.25) is 0 Å². The number of rotatable bonds is 5. The number of alkyl halides is 2. The van der Waals surface area contributed by atoms with Crippen LogP contribution in [0.15, 0.2) is 41.8 Å². The first kappa shape index (κ1) is 14.1. The molecule has 0 bridgehead atoms. The van der Waals surface area contributed by atoms with Crippen molar-refractivity contribution in [2.24, 2.45) is 0 Å². The Morgan fingerprint density at radius 3 is 2.86 bits per heavy atom. The van der Waals surface area contributed by atoms with Crippen molar-refractivity contribution in [3.05, 3.63) is 42.5 Å². The number of thioether (sulfide) groups is 1. The molecule has 0 saturated heterocycles. The lowest BCUT2D eigenvalue weighted by Crippen LogP contribution is -2.04. The zero-order valence-electron chi connectivity index (χ0n) is 11.4. The van der Waals surface area contributed by atoms with Crippen LogP contribution in [0.1, 0.15) is 19.3 Å². The van der Waals surface area contributed by atoms with Gasteiger partial charge < -0.3 is 4.57 Å². The highest BCUT2D eigenvalue weighted by Gasteiger charge is 2.18. The van der Waals surface area contributed by atoms with Gasteiger partial charge in [-0.2, -0.15) is 8.78 Å². The molecule has 2 aromatic heterocycles. The number of benzene rings is 1. The number of aromatic nitrogens is 4. The molecular weight excluding hydrogens is 294 g/mol. The first-order valence-corrected chi connectivity index (χ1v) is 7.57. The summed E-state index contributed by atoms with van der Waals surface area (Å²) < 4.78 is 29.5. The fraction of sp³-hybridized carbons (Fsp3) is 0.286. The van der Waals surface area contributed by atoms with Crippen LogP contribution >= 0.6 is 11.8 Å². The molecule has 1 aromatic carbocycles. The second kappa shape index (κ2) is 5.85. The van der Waals surface area contributed by atoms with Gasteiger partial charge in [-0.25, -0.2) is 9.97 Å². The monoisotopic (exact) mass is 308 g/mol. The molecule has 3 rings (SSSR count). The summed E-state index contributed by atoms with van der Waals surface area (Å²) in [5.74, 6) is 0.720. The molecule has 7 heteroatoms. The van der Waals surface area contributed by atoms with Crippen molar-refractivity contribution in [1.82, 2.24) is 19.1 Å². The molecule has 0 saturated carbocycles. The Morgan fingerprint density at radius 2 is 2.10 bits per heavy atom. The minimum atomic E-state index is -2.60. The number of fused-ring (bicyclic) bond motifs is 1. The lowest BCUT2D eigenvalue weighted by atomic mass is 10.3. The number of para-hydroxylation sites is 2. The largest absolute Gasteiger partial charge is 0.326 e. The van der Waals surface area contributed by atoms with Gasteiger partial charge in [-0.05, 0) is 19.1 Å². The maximum absolute atomic E-state index is 13.3. The lowest BCUT2D eigenvalue weighted by molar-refractivity contribution is 0.0722. The summed E-state index contributed by atoms with van der Waals surface area (Å²) in [7, 11) is 0. The third-order valence-electron chi connectivity index (χ3n) is 3.21. The highest BCUT2D eigenvalue weighted by molar-refractivity contribution is 7.98. The zero-order chi connectivity index (χ0) is 14.8. The van der Waals surface area contributed by atoms with Crippen LogP contribution in [-0.4, -0.2) is 19.1 Å². The van der Waals surface area contributed by atoms with Gasteiger partial charge in [-0.15, -0.1) is 0 Å². The van der Waals surface area contributed by atoms with Crippen molar-refractivity contribution in [3.63, 3.8) is 0 Å². The molecule has 2 heterocycles. The number of aryl methyl sites for hydroxylation is 1. The lowest BCUT2D eigenvalue weighted by Gasteiger charge is -2.08. The van der Waals surface area contributed by atoms with E-state index in [4.69, 9.17) is 0 Å². The molecule has 0 spiro atoms. The molecule has 0 aliphatic heterocycles. The number of halogens is 2. The van der Waals surface area contributed by atoms with E-state index in [2.05, 4.69) is 9.97 Å². The fourth-order valence-corrected chi connectivity index (χ4v) is 3.17. The van der Waals surface area contributed by atoms with Gasteiger partial charge in [0, 0.05) is 18.9 Å². The number of hydrogen-bond acceptors (Lipinski definition) is 3. The van der Waals surface area contributed by atoms with Crippen LogP contribution < -0.4 is 0 Å². The van der Waals surface area contributed by atoms with Crippen LogP contribution in [0.25, 0.3) is 11.0 Å². The second-order valence-corrected chi connectivity index (χ2v) is 5.39. The highest BCUT2D eigenvalue weighted by atomic mass is 32.2. The molecule has 0 N–H and O–H groups in total. The van der Waals surface area contributed by atoms with Crippen molar-refractivity contribution < 1.29 is 8.78 Å². The average molecular weight is 308 g/mol. The third-order valence-corrected chi connectivity index (χ3v) is 4.21. The molecule has 0 aliphatic carbocycles. The minimum Gasteiger partial charge on any atom is -0.326 e. The van der Waals surface area contributed by atoms with Crippen molar-refractivity contribution in [1.29, 1.82) is 0 Å². The Bertz CT molecular complexity index is 750. The van der Waals surface area contributed by atoms with Gasteiger partial charge in [0.1, 0.15) is 5.82 Å². The molecule has 3 aromatic rings. The SMILES string of the molecule is CCn1ccnc1SCc1nc2ccccc2n1C(F)F. The zero-order valence-corrected chi connectivity index (χ0v) is 12.2. The Hall–Kier alpha value is -1.89. The standard InChI is InChI=1S/C14H14F2N4S/c1-2-19-8-7-17-14(19)21-9-12-18-10-5-3-4-6-11(10)20(12)13(15)16/h3-8,13H,2,9H2,1H3. The van der Waals surface area contributed by atoms with Gasteiger partial charge in [0.05, 0.1) is 16.8 Å². The molecule has 21 heavy (non-hydrogen) atoms. The Labute approximate surface area is 124 Å². The van der Waals surface area contributed by atoms with E-state index in [0.717, 1.165) is 16.3 Å². The smallest absolute Gasteiger partial charge is 0.320 e. The first-order valence-electron chi connectivity index (χ1n) is 6.58. The average Bonchev–Trinajstić information content (AvgIpc) is 3.08.